The van der Waals surface area contributed by atoms with Gasteiger partial charge in [-0.25, -0.2) is 4.39 Å². The van der Waals surface area contributed by atoms with Crippen LogP contribution in [0.25, 0.3) is 0 Å². The molecule has 3 nitrogen and oxygen atoms in total. The van der Waals surface area contributed by atoms with Crippen molar-refractivity contribution in [1.29, 1.82) is 0 Å². The Morgan fingerprint density at radius 1 is 1.39 bits per heavy atom. The standard InChI is InChI=1S/C13H13ClFNO2/c1-16-6-9-4-11(17-7-9)8-18-13-3-2-10(15)5-12(13)14/h2-5,7,16H,6,8H2,1H3. The molecule has 0 aliphatic carbocycles. The van der Waals surface area contributed by atoms with Crippen molar-refractivity contribution in [3.05, 3.63) is 52.7 Å². The first-order chi connectivity index (χ1) is 8.69. The van der Waals surface area contributed by atoms with Crippen molar-refractivity contribution in [2.45, 2.75) is 13.2 Å². The number of hydrogen-bond acceptors (Lipinski definition) is 3. The molecule has 0 unspecified atom stereocenters. The van der Waals surface area contributed by atoms with Crippen LogP contribution in [0.4, 0.5) is 4.39 Å². The molecule has 0 aliphatic rings. The summed E-state index contributed by atoms with van der Waals surface area (Å²) < 4.78 is 23.6. The van der Waals surface area contributed by atoms with Gasteiger partial charge in [-0.15, -0.1) is 0 Å². The molecule has 0 aliphatic heterocycles. The monoisotopic (exact) mass is 269 g/mol. The van der Waals surface area contributed by atoms with Crippen LogP contribution < -0.4 is 10.1 Å². The highest BCUT2D eigenvalue weighted by Crippen LogP contribution is 2.25. The Morgan fingerprint density at radius 3 is 2.94 bits per heavy atom. The van der Waals surface area contributed by atoms with Gasteiger partial charge in [0.05, 0.1) is 11.3 Å². The second kappa shape index (κ2) is 5.89. The van der Waals surface area contributed by atoms with Crippen molar-refractivity contribution >= 4 is 11.6 Å². The predicted molar refractivity (Wildman–Crippen MR) is 67.2 cm³/mol. The van der Waals surface area contributed by atoms with Crippen LogP contribution in [0.15, 0.2) is 34.9 Å². The van der Waals surface area contributed by atoms with E-state index in [4.69, 9.17) is 20.8 Å². The van der Waals surface area contributed by atoms with Crippen LogP contribution in [-0.4, -0.2) is 7.05 Å². The van der Waals surface area contributed by atoms with Gasteiger partial charge in [-0.1, -0.05) is 11.6 Å². The molecule has 0 fully saturated rings. The van der Waals surface area contributed by atoms with Crippen LogP contribution in [0.3, 0.4) is 0 Å². The van der Waals surface area contributed by atoms with E-state index in [2.05, 4.69) is 5.32 Å². The van der Waals surface area contributed by atoms with Gasteiger partial charge in [0.1, 0.15) is 23.9 Å². The molecule has 0 saturated heterocycles. The summed E-state index contributed by atoms with van der Waals surface area (Å²) in [6.45, 7) is 0.996. The Balaban J connectivity index is 1.97. The topological polar surface area (TPSA) is 34.4 Å². The second-order valence-electron chi connectivity index (χ2n) is 3.82. The third-order valence-electron chi connectivity index (χ3n) is 2.35. The number of benzene rings is 1. The maximum atomic E-state index is 12.8. The van der Waals surface area contributed by atoms with Crippen molar-refractivity contribution in [2.75, 3.05) is 7.05 Å². The molecule has 1 aromatic heterocycles. The van der Waals surface area contributed by atoms with Crippen LogP contribution in [0.2, 0.25) is 5.02 Å². The van der Waals surface area contributed by atoms with Gasteiger partial charge in [-0.05, 0) is 31.3 Å². The quantitative estimate of drug-likeness (QED) is 0.904. The molecular weight excluding hydrogens is 257 g/mol. The lowest BCUT2D eigenvalue weighted by atomic mass is 10.3. The molecule has 1 heterocycles. The van der Waals surface area contributed by atoms with Crippen LogP contribution in [-0.2, 0) is 13.2 Å². The Labute approximate surface area is 110 Å². The van der Waals surface area contributed by atoms with Crippen molar-refractivity contribution in [1.82, 2.24) is 5.32 Å². The highest BCUT2D eigenvalue weighted by Gasteiger charge is 2.06. The van der Waals surface area contributed by atoms with E-state index in [1.54, 1.807) is 6.26 Å². The minimum atomic E-state index is -0.387. The summed E-state index contributed by atoms with van der Waals surface area (Å²) in [7, 11) is 1.86. The molecule has 2 rings (SSSR count). The van der Waals surface area contributed by atoms with E-state index in [1.807, 2.05) is 13.1 Å². The summed E-state index contributed by atoms with van der Waals surface area (Å²) in [5.74, 6) is 0.743. The lowest BCUT2D eigenvalue weighted by molar-refractivity contribution is 0.270. The molecule has 0 amide bonds. The van der Waals surface area contributed by atoms with Crippen molar-refractivity contribution < 1.29 is 13.5 Å². The highest BCUT2D eigenvalue weighted by molar-refractivity contribution is 6.32. The van der Waals surface area contributed by atoms with Crippen molar-refractivity contribution in [3.63, 3.8) is 0 Å². The molecule has 0 radical (unpaired) electrons. The second-order valence-corrected chi connectivity index (χ2v) is 4.22. The summed E-state index contributed by atoms with van der Waals surface area (Å²) >= 11 is 5.85. The molecule has 1 aromatic carbocycles. The Morgan fingerprint density at radius 2 is 2.22 bits per heavy atom. The molecule has 96 valence electrons. The van der Waals surface area contributed by atoms with Gasteiger partial charge in [-0.3, -0.25) is 0 Å². The molecule has 0 saturated carbocycles. The Bertz CT molecular complexity index is 527. The summed E-state index contributed by atoms with van der Waals surface area (Å²) in [6.07, 6.45) is 1.67. The smallest absolute Gasteiger partial charge is 0.146 e. The first-order valence-corrected chi connectivity index (χ1v) is 5.85. The number of rotatable bonds is 5. The molecule has 1 N–H and O–H groups in total. The van der Waals surface area contributed by atoms with Gasteiger partial charge in [0.15, 0.2) is 0 Å². The van der Waals surface area contributed by atoms with Crippen LogP contribution in [0.5, 0.6) is 5.75 Å². The first-order valence-electron chi connectivity index (χ1n) is 5.48. The van der Waals surface area contributed by atoms with Gasteiger partial charge < -0.3 is 14.5 Å². The van der Waals surface area contributed by atoms with Crippen LogP contribution in [0.1, 0.15) is 11.3 Å². The minimum absolute atomic E-state index is 0.247. The third-order valence-corrected chi connectivity index (χ3v) is 2.65. The average Bonchev–Trinajstić information content (AvgIpc) is 2.76. The van der Waals surface area contributed by atoms with Crippen LogP contribution in [0, 0.1) is 5.82 Å². The fourth-order valence-electron chi connectivity index (χ4n) is 1.54. The number of nitrogens with one attached hydrogen (secondary N) is 1. The Hall–Kier alpha value is -1.52. The minimum Gasteiger partial charge on any atom is -0.484 e. The van der Waals surface area contributed by atoms with Crippen LogP contribution >= 0.6 is 11.6 Å². The summed E-state index contributed by atoms with van der Waals surface area (Å²) in [5, 5.41) is 3.27. The van der Waals surface area contributed by atoms with E-state index in [1.165, 1.54) is 18.2 Å². The van der Waals surface area contributed by atoms with E-state index in [0.717, 1.165) is 12.1 Å². The van der Waals surface area contributed by atoms with Crippen molar-refractivity contribution in [2.24, 2.45) is 0 Å². The largest absolute Gasteiger partial charge is 0.484 e. The molecule has 2 aromatic rings. The van der Waals surface area contributed by atoms with E-state index >= 15 is 0 Å². The summed E-state index contributed by atoms with van der Waals surface area (Å²) in [4.78, 5) is 0. The fraction of sp³-hybridized carbons (Fsp3) is 0.231. The number of halogens is 2. The normalized spacial score (nSPS) is 10.6. The predicted octanol–water partition coefficient (Wildman–Crippen LogP) is 3.37. The summed E-state index contributed by atoms with van der Waals surface area (Å²) in [6, 6.07) is 5.91. The average molecular weight is 270 g/mol. The molecule has 0 spiro atoms. The van der Waals surface area contributed by atoms with E-state index in [9.17, 15) is 4.39 Å². The molecule has 5 heteroatoms. The Kier molecular flexibility index (Phi) is 4.23. The molecule has 18 heavy (non-hydrogen) atoms. The number of ether oxygens (including phenoxy) is 1. The maximum absolute atomic E-state index is 12.8. The summed E-state index contributed by atoms with van der Waals surface area (Å²) in [5.41, 5.74) is 1.04. The fourth-order valence-corrected chi connectivity index (χ4v) is 1.76. The highest BCUT2D eigenvalue weighted by atomic mass is 35.5. The zero-order chi connectivity index (χ0) is 13.0. The van der Waals surface area contributed by atoms with E-state index in [-0.39, 0.29) is 17.4 Å². The SMILES string of the molecule is CNCc1coc(COc2ccc(F)cc2Cl)c1. The van der Waals surface area contributed by atoms with Gasteiger partial charge in [0.2, 0.25) is 0 Å². The zero-order valence-corrected chi connectivity index (χ0v) is 10.6. The molecule has 0 atom stereocenters. The van der Waals surface area contributed by atoms with Gasteiger partial charge in [0.25, 0.3) is 0 Å². The van der Waals surface area contributed by atoms with E-state index < -0.39 is 0 Å². The number of hydrogen-bond donors (Lipinski definition) is 1. The maximum Gasteiger partial charge on any atom is 0.146 e. The molecule has 0 bridgehead atoms. The van der Waals surface area contributed by atoms with E-state index in [0.29, 0.717) is 11.5 Å². The molecular formula is C13H13ClFNO2. The number of furan rings is 1. The lowest BCUT2D eigenvalue weighted by Gasteiger charge is -2.05. The van der Waals surface area contributed by atoms with Gasteiger partial charge in [0, 0.05) is 12.1 Å². The third kappa shape index (κ3) is 3.24. The lowest BCUT2D eigenvalue weighted by Crippen LogP contribution is -2.03. The van der Waals surface area contributed by atoms with Gasteiger partial charge >= 0.3 is 0 Å². The van der Waals surface area contributed by atoms with Crippen molar-refractivity contribution in [3.8, 4) is 5.75 Å². The first kappa shape index (κ1) is 12.9. The van der Waals surface area contributed by atoms with Gasteiger partial charge in [-0.2, -0.15) is 0 Å². The zero-order valence-electron chi connectivity index (χ0n) is 9.87.